The van der Waals surface area contributed by atoms with Gasteiger partial charge in [0.1, 0.15) is 12.6 Å². The number of amides is 2. The molecule has 0 unspecified atom stereocenters. The number of sulfonamides is 1. The third kappa shape index (κ3) is 7.07. The number of hydrogen-bond acceptors (Lipinski definition) is 4. The first-order valence-electron chi connectivity index (χ1n) is 12.1. The molecule has 1 N–H and O–H groups in total. The number of nitrogens with zero attached hydrogens (tertiary/aromatic N) is 2. The maximum atomic E-state index is 13.8. The molecule has 10 heteroatoms. The van der Waals surface area contributed by atoms with Gasteiger partial charge >= 0.3 is 0 Å². The molecule has 1 atom stereocenters. The first kappa shape index (κ1) is 29.5. The van der Waals surface area contributed by atoms with Crippen LogP contribution in [0.4, 0.5) is 5.69 Å². The minimum atomic E-state index is -4.18. The molecule has 0 saturated heterocycles. The lowest BCUT2D eigenvalue weighted by Crippen LogP contribution is -2.51. The highest BCUT2D eigenvalue weighted by Crippen LogP contribution is 2.31. The van der Waals surface area contributed by atoms with Crippen LogP contribution >= 0.6 is 23.2 Å². The van der Waals surface area contributed by atoms with Crippen LogP contribution in [0.1, 0.15) is 30.5 Å². The predicted molar refractivity (Wildman–Crippen MR) is 152 cm³/mol. The normalized spacial score (nSPS) is 12.1. The number of carbonyl (C=O) groups excluding carboxylic acids is 2. The summed E-state index contributed by atoms with van der Waals surface area (Å²) in [7, 11) is -4.18. The fourth-order valence-electron chi connectivity index (χ4n) is 3.92. The molecule has 0 spiro atoms. The lowest BCUT2D eigenvalue weighted by molar-refractivity contribution is -0.139. The van der Waals surface area contributed by atoms with Crippen molar-refractivity contribution in [3.05, 3.63) is 93.5 Å². The van der Waals surface area contributed by atoms with Gasteiger partial charge in [0, 0.05) is 13.1 Å². The number of nitrogens with one attached hydrogen (secondary N) is 1. The van der Waals surface area contributed by atoms with Crippen LogP contribution in [0.15, 0.2) is 71.6 Å². The van der Waals surface area contributed by atoms with Crippen molar-refractivity contribution < 1.29 is 18.0 Å². The van der Waals surface area contributed by atoms with Gasteiger partial charge in [-0.3, -0.25) is 13.9 Å². The van der Waals surface area contributed by atoms with Crippen molar-refractivity contribution in [3.63, 3.8) is 0 Å². The molecule has 0 aromatic heterocycles. The molecule has 0 heterocycles. The highest BCUT2D eigenvalue weighted by atomic mass is 35.5. The van der Waals surface area contributed by atoms with E-state index in [4.69, 9.17) is 23.2 Å². The fraction of sp³-hybridized carbons (Fsp3) is 0.286. The zero-order valence-corrected chi connectivity index (χ0v) is 24.1. The van der Waals surface area contributed by atoms with E-state index >= 15 is 0 Å². The van der Waals surface area contributed by atoms with Crippen molar-refractivity contribution in [2.45, 2.75) is 45.2 Å². The number of rotatable bonds is 10. The molecule has 0 saturated carbocycles. The third-order valence-electron chi connectivity index (χ3n) is 6.03. The monoisotopic (exact) mass is 575 g/mol. The molecule has 7 nitrogen and oxygen atoms in total. The van der Waals surface area contributed by atoms with E-state index in [1.165, 1.54) is 35.2 Å². The second kappa shape index (κ2) is 12.7. The number of hydrogen-bond donors (Lipinski definition) is 1. The lowest BCUT2D eigenvalue weighted by atomic mass is 10.1. The quantitative estimate of drug-likeness (QED) is 0.352. The molecule has 38 heavy (non-hydrogen) atoms. The number of likely N-dealkylation sites (N-methyl/N-ethyl adjacent to an activating group) is 1. The van der Waals surface area contributed by atoms with Crippen LogP contribution in [0.5, 0.6) is 0 Å². The molecule has 0 aliphatic heterocycles. The summed E-state index contributed by atoms with van der Waals surface area (Å²) in [6.45, 7) is 7.16. The second-order valence-electron chi connectivity index (χ2n) is 9.00. The first-order chi connectivity index (χ1) is 17.9. The Balaban J connectivity index is 2.06. The Morgan fingerprint density at radius 3 is 2.21 bits per heavy atom. The van der Waals surface area contributed by atoms with E-state index in [2.05, 4.69) is 5.32 Å². The Bertz CT molecular complexity index is 1410. The van der Waals surface area contributed by atoms with E-state index in [0.717, 1.165) is 21.0 Å². The van der Waals surface area contributed by atoms with E-state index in [1.54, 1.807) is 26.0 Å². The Hall–Kier alpha value is -3.07. The SMILES string of the molecule is CCNC(=O)[C@H](C)N(Cc1cccc(C)c1)C(=O)CN(c1ccc(Cl)c(Cl)c1)S(=O)(=O)c1ccc(C)cc1. The number of anilines is 1. The van der Waals surface area contributed by atoms with Gasteiger partial charge in [0.2, 0.25) is 11.8 Å². The van der Waals surface area contributed by atoms with Crippen LogP contribution in [-0.2, 0) is 26.2 Å². The number of benzene rings is 3. The van der Waals surface area contributed by atoms with Crippen molar-refractivity contribution in [1.29, 1.82) is 0 Å². The summed E-state index contributed by atoms with van der Waals surface area (Å²) >= 11 is 12.3. The third-order valence-corrected chi connectivity index (χ3v) is 8.56. The zero-order chi connectivity index (χ0) is 28.0. The zero-order valence-electron chi connectivity index (χ0n) is 21.7. The van der Waals surface area contributed by atoms with Crippen LogP contribution in [-0.4, -0.2) is 44.3 Å². The average molecular weight is 577 g/mol. The molecule has 202 valence electrons. The van der Waals surface area contributed by atoms with E-state index in [9.17, 15) is 18.0 Å². The number of aryl methyl sites for hydroxylation is 2. The summed E-state index contributed by atoms with van der Waals surface area (Å²) in [6.07, 6.45) is 0. The van der Waals surface area contributed by atoms with Gasteiger partial charge in [0.15, 0.2) is 0 Å². The second-order valence-corrected chi connectivity index (χ2v) is 11.7. The largest absolute Gasteiger partial charge is 0.355 e. The minimum absolute atomic E-state index is 0.0176. The molecule has 3 aromatic carbocycles. The van der Waals surface area contributed by atoms with Gasteiger partial charge in [0.25, 0.3) is 10.0 Å². The Morgan fingerprint density at radius 1 is 0.921 bits per heavy atom. The molecule has 0 radical (unpaired) electrons. The van der Waals surface area contributed by atoms with Crippen LogP contribution in [0.3, 0.4) is 0 Å². The van der Waals surface area contributed by atoms with E-state index in [-0.39, 0.29) is 33.1 Å². The molecule has 0 fully saturated rings. The van der Waals surface area contributed by atoms with Crippen molar-refractivity contribution in [2.24, 2.45) is 0 Å². The van der Waals surface area contributed by atoms with E-state index in [0.29, 0.717) is 6.54 Å². The minimum Gasteiger partial charge on any atom is -0.355 e. The summed E-state index contributed by atoms with van der Waals surface area (Å²) in [4.78, 5) is 28.0. The van der Waals surface area contributed by atoms with Crippen LogP contribution < -0.4 is 9.62 Å². The average Bonchev–Trinajstić information content (AvgIpc) is 2.87. The van der Waals surface area contributed by atoms with E-state index in [1.807, 2.05) is 38.1 Å². The summed E-state index contributed by atoms with van der Waals surface area (Å²) < 4.78 is 28.6. The summed E-state index contributed by atoms with van der Waals surface area (Å²) in [5.41, 5.74) is 2.88. The Labute approximate surface area is 234 Å². The van der Waals surface area contributed by atoms with Gasteiger partial charge in [0.05, 0.1) is 20.6 Å². The molecule has 0 bridgehead atoms. The smallest absolute Gasteiger partial charge is 0.264 e. The molecular formula is C28H31Cl2N3O4S. The lowest BCUT2D eigenvalue weighted by Gasteiger charge is -2.32. The van der Waals surface area contributed by atoms with Crippen molar-refractivity contribution in [2.75, 3.05) is 17.4 Å². The summed E-state index contributed by atoms with van der Waals surface area (Å²) in [5.74, 6) is -0.886. The maximum absolute atomic E-state index is 13.8. The van der Waals surface area contributed by atoms with Crippen molar-refractivity contribution in [1.82, 2.24) is 10.2 Å². The molecule has 0 aliphatic carbocycles. The van der Waals surface area contributed by atoms with Gasteiger partial charge in [-0.15, -0.1) is 0 Å². The molecular weight excluding hydrogens is 545 g/mol. The van der Waals surface area contributed by atoms with Gasteiger partial charge in [-0.05, 0) is 63.6 Å². The van der Waals surface area contributed by atoms with Gasteiger partial charge < -0.3 is 10.2 Å². The predicted octanol–water partition coefficient (Wildman–Crippen LogP) is 5.36. The van der Waals surface area contributed by atoms with Gasteiger partial charge in [-0.1, -0.05) is 70.7 Å². The van der Waals surface area contributed by atoms with Gasteiger partial charge in [-0.25, -0.2) is 8.42 Å². The highest BCUT2D eigenvalue weighted by molar-refractivity contribution is 7.92. The first-order valence-corrected chi connectivity index (χ1v) is 14.3. The van der Waals surface area contributed by atoms with E-state index < -0.39 is 28.5 Å². The molecule has 0 aliphatic rings. The molecule has 3 aromatic rings. The number of carbonyl (C=O) groups is 2. The van der Waals surface area contributed by atoms with Crippen molar-refractivity contribution >= 4 is 50.7 Å². The van der Waals surface area contributed by atoms with Crippen LogP contribution in [0.25, 0.3) is 0 Å². The van der Waals surface area contributed by atoms with Crippen LogP contribution in [0.2, 0.25) is 10.0 Å². The summed E-state index contributed by atoms with van der Waals surface area (Å²) in [5, 5.41) is 3.14. The standard InChI is InChI=1S/C28H31Cl2N3O4S/c1-5-31-28(35)21(4)32(17-22-8-6-7-20(3)15-22)27(34)18-33(23-11-14-25(29)26(30)16-23)38(36,37)24-12-9-19(2)10-13-24/h6-16,21H,5,17-18H2,1-4H3,(H,31,35)/t21-/m0/s1. The molecule has 2 amide bonds. The maximum Gasteiger partial charge on any atom is 0.264 e. The Kier molecular flexibility index (Phi) is 9.82. The highest BCUT2D eigenvalue weighted by Gasteiger charge is 2.32. The van der Waals surface area contributed by atoms with Crippen LogP contribution in [0, 0.1) is 13.8 Å². The fourth-order valence-corrected chi connectivity index (χ4v) is 5.62. The topological polar surface area (TPSA) is 86.8 Å². The van der Waals surface area contributed by atoms with Crippen molar-refractivity contribution in [3.8, 4) is 0 Å². The van der Waals surface area contributed by atoms with Gasteiger partial charge in [-0.2, -0.15) is 0 Å². The molecule has 3 rings (SSSR count). The number of halogens is 2. The Morgan fingerprint density at radius 2 is 1.61 bits per heavy atom. The summed E-state index contributed by atoms with van der Waals surface area (Å²) in [6, 6.07) is 17.4.